The molecule has 0 bridgehead atoms. The molecule has 0 amide bonds. The van der Waals surface area contributed by atoms with Gasteiger partial charge in [-0.1, -0.05) is 47.5 Å². The van der Waals surface area contributed by atoms with Crippen LogP contribution in [0.1, 0.15) is 36.7 Å². The average Bonchev–Trinajstić information content (AvgIpc) is 2.87. The molecule has 186 valence electrons. The van der Waals surface area contributed by atoms with Crippen molar-refractivity contribution in [3.63, 3.8) is 0 Å². The zero-order chi connectivity index (χ0) is 25.7. The van der Waals surface area contributed by atoms with Crippen LogP contribution in [0.3, 0.4) is 0 Å². The van der Waals surface area contributed by atoms with Gasteiger partial charge in [-0.15, -0.1) is 0 Å². The monoisotopic (exact) mass is 615 g/mol. The molecule has 4 rings (SSSR count). The van der Waals surface area contributed by atoms with Crippen LogP contribution in [0.2, 0.25) is 0 Å². The van der Waals surface area contributed by atoms with Crippen LogP contribution in [0, 0.1) is 5.82 Å². The Bertz CT molecular complexity index is 1490. The van der Waals surface area contributed by atoms with E-state index in [1.54, 1.807) is 42.6 Å². The summed E-state index contributed by atoms with van der Waals surface area (Å²) in [5.74, 6) is 1.15. The Kier molecular flexibility index (Phi) is 8.53. The number of halogens is 3. The van der Waals surface area contributed by atoms with Gasteiger partial charge in [0.25, 0.3) is 5.56 Å². The third-order valence-electron chi connectivity index (χ3n) is 5.53. The molecule has 0 radical (unpaired) electrons. The molecule has 0 aliphatic rings. The Balaban J connectivity index is 1.68. The van der Waals surface area contributed by atoms with E-state index in [4.69, 9.17) is 14.5 Å². The van der Waals surface area contributed by atoms with Gasteiger partial charge in [0.05, 0.1) is 28.7 Å². The Labute approximate surface area is 225 Å². The average molecular weight is 617 g/mol. The molecule has 6 nitrogen and oxygen atoms in total. The van der Waals surface area contributed by atoms with Crippen molar-refractivity contribution in [1.29, 1.82) is 0 Å². The number of hydrogen-bond donors (Lipinski definition) is 0. The van der Waals surface area contributed by atoms with E-state index in [0.29, 0.717) is 50.2 Å². The van der Waals surface area contributed by atoms with Crippen molar-refractivity contribution in [2.24, 2.45) is 5.10 Å². The maximum atomic E-state index is 14.0. The maximum absolute atomic E-state index is 14.0. The van der Waals surface area contributed by atoms with Gasteiger partial charge < -0.3 is 9.47 Å². The van der Waals surface area contributed by atoms with Gasteiger partial charge in [0.2, 0.25) is 0 Å². The van der Waals surface area contributed by atoms with Crippen molar-refractivity contribution in [2.75, 3.05) is 7.11 Å². The minimum Gasteiger partial charge on any atom is -0.493 e. The summed E-state index contributed by atoms with van der Waals surface area (Å²) in [5.41, 5.74) is 1.52. The number of unbranched alkanes of at least 4 members (excludes halogenated alkanes) is 1. The molecule has 0 spiro atoms. The lowest BCUT2D eigenvalue weighted by Gasteiger charge is -2.14. The minimum atomic E-state index is -0.336. The first-order valence-corrected chi connectivity index (χ1v) is 13.0. The normalized spacial score (nSPS) is 11.4. The smallest absolute Gasteiger partial charge is 0.282 e. The lowest BCUT2D eigenvalue weighted by molar-refractivity contribution is 0.278. The Morgan fingerprint density at radius 1 is 1.14 bits per heavy atom. The molecule has 1 heterocycles. The number of benzene rings is 3. The summed E-state index contributed by atoms with van der Waals surface area (Å²) < 4.78 is 28.1. The van der Waals surface area contributed by atoms with E-state index in [1.165, 1.54) is 17.9 Å². The van der Waals surface area contributed by atoms with E-state index < -0.39 is 0 Å². The van der Waals surface area contributed by atoms with Gasteiger partial charge in [-0.25, -0.2) is 9.37 Å². The molecule has 36 heavy (non-hydrogen) atoms. The van der Waals surface area contributed by atoms with Gasteiger partial charge in [-0.05, 0) is 64.3 Å². The molecule has 0 unspecified atom stereocenters. The first kappa shape index (κ1) is 26.0. The molecule has 0 aliphatic heterocycles. The van der Waals surface area contributed by atoms with E-state index in [-0.39, 0.29) is 18.0 Å². The fourth-order valence-electron chi connectivity index (χ4n) is 3.65. The molecule has 0 saturated carbocycles. The number of aryl methyl sites for hydroxylation is 1. The van der Waals surface area contributed by atoms with E-state index in [9.17, 15) is 9.18 Å². The third-order valence-corrected chi connectivity index (χ3v) is 6.62. The first-order chi connectivity index (χ1) is 17.4. The second kappa shape index (κ2) is 11.8. The maximum Gasteiger partial charge on any atom is 0.282 e. The molecule has 1 aromatic heterocycles. The standard InChI is InChI=1S/C27H24Br2FN3O3/c1-3-4-9-25-32-23-11-10-19(28)14-20(23)27(34)33(25)31-15-17-12-21(29)26(24(13-17)35-2)36-16-18-7-5-6-8-22(18)30/h5-8,10-15H,3-4,9,16H2,1-2H3. The van der Waals surface area contributed by atoms with Gasteiger partial charge in [0, 0.05) is 16.5 Å². The highest BCUT2D eigenvalue weighted by molar-refractivity contribution is 9.10. The second-order valence-corrected chi connectivity index (χ2v) is 9.84. The van der Waals surface area contributed by atoms with Crippen LogP contribution >= 0.6 is 31.9 Å². The van der Waals surface area contributed by atoms with Crippen molar-refractivity contribution < 1.29 is 13.9 Å². The number of methoxy groups -OCH3 is 1. The van der Waals surface area contributed by atoms with Crippen LogP contribution < -0.4 is 15.0 Å². The molecule has 0 saturated heterocycles. The second-order valence-electron chi connectivity index (χ2n) is 8.07. The van der Waals surface area contributed by atoms with E-state index in [1.807, 2.05) is 12.1 Å². The minimum absolute atomic E-state index is 0.0452. The zero-order valence-electron chi connectivity index (χ0n) is 19.8. The summed E-state index contributed by atoms with van der Waals surface area (Å²) in [6, 6.07) is 15.4. The third kappa shape index (κ3) is 5.84. The van der Waals surface area contributed by atoms with Crippen molar-refractivity contribution in [3.8, 4) is 11.5 Å². The molecule has 4 aromatic rings. The molecule has 0 N–H and O–H groups in total. The highest BCUT2D eigenvalue weighted by Gasteiger charge is 2.14. The van der Waals surface area contributed by atoms with Crippen LogP contribution in [0.15, 0.2) is 73.4 Å². The molecule has 9 heteroatoms. The summed E-state index contributed by atoms with van der Waals surface area (Å²) in [5, 5.41) is 4.98. The first-order valence-electron chi connectivity index (χ1n) is 11.4. The lowest BCUT2D eigenvalue weighted by Crippen LogP contribution is -2.22. The molecule has 3 aromatic carbocycles. The van der Waals surface area contributed by atoms with Gasteiger partial charge in [-0.3, -0.25) is 4.79 Å². The van der Waals surface area contributed by atoms with E-state index >= 15 is 0 Å². The van der Waals surface area contributed by atoms with Crippen molar-refractivity contribution in [2.45, 2.75) is 32.8 Å². The Morgan fingerprint density at radius 3 is 2.69 bits per heavy atom. The van der Waals surface area contributed by atoms with Crippen LogP contribution in [-0.2, 0) is 13.0 Å². The number of hydrogen-bond acceptors (Lipinski definition) is 5. The highest BCUT2D eigenvalue weighted by atomic mass is 79.9. The number of aromatic nitrogens is 2. The van der Waals surface area contributed by atoms with Crippen LogP contribution in [-0.4, -0.2) is 23.0 Å². The predicted octanol–water partition coefficient (Wildman–Crippen LogP) is 6.87. The predicted molar refractivity (Wildman–Crippen MR) is 147 cm³/mol. The largest absolute Gasteiger partial charge is 0.493 e. The summed E-state index contributed by atoms with van der Waals surface area (Å²) >= 11 is 6.94. The lowest BCUT2D eigenvalue weighted by atomic mass is 10.2. The van der Waals surface area contributed by atoms with Gasteiger partial charge in [0.15, 0.2) is 11.5 Å². The number of rotatable bonds is 9. The Morgan fingerprint density at radius 2 is 1.94 bits per heavy atom. The van der Waals surface area contributed by atoms with Gasteiger partial charge >= 0.3 is 0 Å². The quantitative estimate of drug-likeness (QED) is 0.192. The SMILES string of the molecule is CCCCc1nc2ccc(Br)cc2c(=O)n1N=Cc1cc(Br)c(OCc2ccccc2F)c(OC)c1. The van der Waals surface area contributed by atoms with Crippen molar-refractivity contribution in [3.05, 3.63) is 96.7 Å². The van der Waals surface area contributed by atoms with Gasteiger partial charge in [-0.2, -0.15) is 9.78 Å². The Hall–Kier alpha value is -3.04. The number of ether oxygens (including phenoxy) is 2. The summed E-state index contributed by atoms with van der Waals surface area (Å²) in [7, 11) is 1.52. The van der Waals surface area contributed by atoms with E-state index in [0.717, 1.165) is 17.3 Å². The van der Waals surface area contributed by atoms with Crippen LogP contribution in [0.4, 0.5) is 4.39 Å². The highest BCUT2D eigenvalue weighted by Crippen LogP contribution is 2.37. The fraction of sp³-hybridized carbons (Fsp3) is 0.222. The summed E-state index contributed by atoms with van der Waals surface area (Å²) in [4.78, 5) is 18.0. The molecule has 0 fully saturated rings. The molecular formula is C27H24Br2FN3O3. The molecule has 0 aliphatic carbocycles. The fourth-order valence-corrected chi connectivity index (χ4v) is 4.59. The van der Waals surface area contributed by atoms with Crippen LogP contribution in [0.5, 0.6) is 11.5 Å². The zero-order valence-corrected chi connectivity index (χ0v) is 23.0. The topological polar surface area (TPSA) is 65.7 Å². The van der Waals surface area contributed by atoms with Crippen LogP contribution in [0.25, 0.3) is 10.9 Å². The number of fused-ring (bicyclic) bond motifs is 1. The van der Waals surface area contributed by atoms with Gasteiger partial charge in [0.1, 0.15) is 18.2 Å². The molecule has 0 atom stereocenters. The van der Waals surface area contributed by atoms with E-state index in [2.05, 4.69) is 43.9 Å². The molecular weight excluding hydrogens is 593 g/mol. The summed E-state index contributed by atoms with van der Waals surface area (Å²) in [6.45, 7) is 2.13. The van der Waals surface area contributed by atoms with Crippen molar-refractivity contribution >= 4 is 49.0 Å². The van der Waals surface area contributed by atoms with Crippen molar-refractivity contribution in [1.82, 2.24) is 9.66 Å². The number of nitrogens with zero attached hydrogens (tertiary/aromatic N) is 3. The summed E-state index contributed by atoms with van der Waals surface area (Å²) in [6.07, 6.45) is 4.06.